The molecule has 0 fully saturated rings. The fourth-order valence-corrected chi connectivity index (χ4v) is 1.93. The van der Waals surface area contributed by atoms with Crippen LogP contribution in [0.5, 0.6) is 0 Å². The summed E-state index contributed by atoms with van der Waals surface area (Å²) in [5.41, 5.74) is 2.31. The van der Waals surface area contributed by atoms with Crippen LogP contribution in [0.15, 0.2) is 59.3 Å². The Morgan fingerprint density at radius 1 is 0.944 bits per heavy atom. The van der Waals surface area contributed by atoms with E-state index in [1.165, 1.54) is 0 Å². The molecule has 0 atom stereocenters. The molecule has 0 aliphatic rings. The van der Waals surface area contributed by atoms with Crippen molar-refractivity contribution in [2.24, 2.45) is 0 Å². The topological polar surface area (TPSA) is 38.9 Å². The summed E-state index contributed by atoms with van der Waals surface area (Å²) in [7, 11) is 0. The first-order valence-electron chi connectivity index (χ1n) is 5.47. The normalized spacial score (nSPS) is 10.5. The molecule has 0 unspecified atom stereocenters. The van der Waals surface area contributed by atoms with Crippen LogP contribution in [0.3, 0.4) is 0 Å². The monoisotopic (exact) mass is 256 g/mol. The standard InChI is InChI=1S/C14H9ClN2O/c15-11-6-2-1-5-10(11)13-9-14(18-17-13)12-7-3-4-8-16-12/h1-9H. The van der Waals surface area contributed by atoms with Gasteiger partial charge in [0.25, 0.3) is 0 Å². The van der Waals surface area contributed by atoms with E-state index in [2.05, 4.69) is 10.1 Å². The van der Waals surface area contributed by atoms with Crippen molar-refractivity contribution in [2.75, 3.05) is 0 Å². The van der Waals surface area contributed by atoms with Gasteiger partial charge in [-0.1, -0.05) is 41.0 Å². The first-order chi connectivity index (χ1) is 8.84. The van der Waals surface area contributed by atoms with Gasteiger partial charge in [-0.05, 0) is 18.2 Å². The first-order valence-corrected chi connectivity index (χ1v) is 5.85. The minimum Gasteiger partial charge on any atom is -0.354 e. The van der Waals surface area contributed by atoms with Gasteiger partial charge in [0.15, 0.2) is 5.76 Å². The second-order valence-electron chi connectivity index (χ2n) is 3.77. The summed E-state index contributed by atoms with van der Waals surface area (Å²) in [5.74, 6) is 0.630. The Morgan fingerprint density at radius 3 is 2.56 bits per heavy atom. The summed E-state index contributed by atoms with van der Waals surface area (Å²) in [5, 5.41) is 4.68. The van der Waals surface area contributed by atoms with E-state index >= 15 is 0 Å². The van der Waals surface area contributed by atoms with Gasteiger partial charge < -0.3 is 4.52 Å². The van der Waals surface area contributed by atoms with E-state index < -0.39 is 0 Å². The quantitative estimate of drug-likeness (QED) is 0.694. The van der Waals surface area contributed by atoms with Gasteiger partial charge in [-0.2, -0.15) is 0 Å². The van der Waals surface area contributed by atoms with Crippen molar-refractivity contribution in [3.8, 4) is 22.7 Å². The highest BCUT2D eigenvalue weighted by atomic mass is 35.5. The van der Waals surface area contributed by atoms with E-state index in [-0.39, 0.29) is 0 Å². The molecule has 0 amide bonds. The summed E-state index contributed by atoms with van der Waals surface area (Å²) in [4.78, 5) is 4.21. The van der Waals surface area contributed by atoms with Gasteiger partial charge in [0.2, 0.25) is 0 Å². The zero-order valence-electron chi connectivity index (χ0n) is 9.38. The maximum absolute atomic E-state index is 6.12. The third-order valence-corrected chi connectivity index (χ3v) is 2.91. The van der Waals surface area contributed by atoms with Crippen molar-refractivity contribution in [1.82, 2.24) is 10.1 Å². The number of aromatic nitrogens is 2. The molecule has 2 heterocycles. The number of halogens is 1. The number of benzene rings is 1. The molecular formula is C14H9ClN2O. The average molecular weight is 257 g/mol. The van der Waals surface area contributed by atoms with Crippen molar-refractivity contribution < 1.29 is 4.52 Å². The molecule has 0 radical (unpaired) electrons. The van der Waals surface area contributed by atoms with Crippen LogP contribution < -0.4 is 0 Å². The number of pyridine rings is 1. The van der Waals surface area contributed by atoms with Gasteiger partial charge in [0.05, 0.1) is 5.02 Å². The van der Waals surface area contributed by atoms with Crippen molar-refractivity contribution in [3.05, 3.63) is 59.8 Å². The maximum atomic E-state index is 6.12. The van der Waals surface area contributed by atoms with Crippen molar-refractivity contribution in [3.63, 3.8) is 0 Å². The lowest BCUT2D eigenvalue weighted by Crippen LogP contribution is -1.78. The van der Waals surface area contributed by atoms with Gasteiger partial charge in [0, 0.05) is 17.8 Å². The molecule has 3 nitrogen and oxygen atoms in total. The van der Waals surface area contributed by atoms with E-state index in [0.29, 0.717) is 16.5 Å². The molecule has 88 valence electrons. The molecule has 4 heteroatoms. The van der Waals surface area contributed by atoms with Gasteiger partial charge in [-0.3, -0.25) is 4.98 Å². The van der Waals surface area contributed by atoms with E-state index in [9.17, 15) is 0 Å². The number of nitrogens with zero attached hydrogens (tertiary/aromatic N) is 2. The number of hydrogen-bond donors (Lipinski definition) is 0. The Balaban J connectivity index is 2.03. The van der Waals surface area contributed by atoms with E-state index in [1.807, 2.05) is 48.5 Å². The molecule has 0 N–H and O–H groups in total. The lowest BCUT2D eigenvalue weighted by Gasteiger charge is -1.96. The molecule has 0 saturated carbocycles. The Morgan fingerprint density at radius 2 is 1.78 bits per heavy atom. The highest BCUT2D eigenvalue weighted by Crippen LogP contribution is 2.29. The van der Waals surface area contributed by atoms with Crippen LogP contribution in [0.1, 0.15) is 0 Å². The highest BCUT2D eigenvalue weighted by Gasteiger charge is 2.11. The van der Waals surface area contributed by atoms with Crippen LogP contribution in [0.4, 0.5) is 0 Å². The third kappa shape index (κ3) is 2.00. The third-order valence-electron chi connectivity index (χ3n) is 2.58. The first kappa shape index (κ1) is 11.0. The zero-order chi connectivity index (χ0) is 12.4. The van der Waals surface area contributed by atoms with Gasteiger partial charge in [0.1, 0.15) is 11.4 Å². The van der Waals surface area contributed by atoms with Crippen molar-refractivity contribution >= 4 is 11.6 Å². The molecule has 18 heavy (non-hydrogen) atoms. The molecule has 3 aromatic rings. The minimum atomic E-state index is 0.630. The van der Waals surface area contributed by atoms with Crippen molar-refractivity contribution in [2.45, 2.75) is 0 Å². The fraction of sp³-hybridized carbons (Fsp3) is 0. The predicted octanol–water partition coefficient (Wildman–Crippen LogP) is 4.06. The fourth-order valence-electron chi connectivity index (χ4n) is 1.70. The Hall–Kier alpha value is -2.13. The molecule has 1 aromatic carbocycles. The van der Waals surface area contributed by atoms with E-state index in [0.717, 1.165) is 11.3 Å². The second-order valence-corrected chi connectivity index (χ2v) is 4.18. The molecule has 0 saturated heterocycles. The lowest BCUT2D eigenvalue weighted by atomic mass is 10.1. The van der Waals surface area contributed by atoms with E-state index in [1.54, 1.807) is 6.20 Å². The SMILES string of the molecule is Clc1ccccc1-c1cc(-c2ccccn2)on1. The Kier molecular flexibility index (Phi) is 2.82. The van der Waals surface area contributed by atoms with Crippen LogP contribution in [0.2, 0.25) is 5.02 Å². The smallest absolute Gasteiger partial charge is 0.185 e. The predicted molar refractivity (Wildman–Crippen MR) is 70.2 cm³/mol. The summed E-state index contributed by atoms with van der Waals surface area (Å²) < 4.78 is 5.29. The van der Waals surface area contributed by atoms with Gasteiger partial charge in [-0.25, -0.2) is 0 Å². The van der Waals surface area contributed by atoms with Gasteiger partial charge in [-0.15, -0.1) is 0 Å². The minimum absolute atomic E-state index is 0.630. The Labute approximate surface area is 109 Å². The molecular weight excluding hydrogens is 248 g/mol. The highest BCUT2D eigenvalue weighted by molar-refractivity contribution is 6.33. The van der Waals surface area contributed by atoms with Crippen molar-refractivity contribution in [1.29, 1.82) is 0 Å². The molecule has 0 aliphatic heterocycles. The van der Waals surface area contributed by atoms with Crippen LogP contribution in [-0.2, 0) is 0 Å². The Bertz CT molecular complexity index is 664. The number of rotatable bonds is 2. The van der Waals surface area contributed by atoms with Gasteiger partial charge >= 0.3 is 0 Å². The molecule has 0 spiro atoms. The number of hydrogen-bond acceptors (Lipinski definition) is 3. The summed E-state index contributed by atoms with van der Waals surface area (Å²) >= 11 is 6.12. The summed E-state index contributed by atoms with van der Waals surface area (Å²) in [6.07, 6.45) is 1.72. The average Bonchev–Trinajstić information content (AvgIpc) is 2.90. The zero-order valence-corrected chi connectivity index (χ0v) is 10.1. The second kappa shape index (κ2) is 4.63. The van der Waals surface area contributed by atoms with Crippen LogP contribution >= 0.6 is 11.6 Å². The largest absolute Gasteiger partial charge is 0.354 e. The summed E-state index contributed by atoms with van der Waals surface area (Å²) in [6.45, 7) is 0. The van der Waals surface area contributed by atoms with Crippen LogP contribution in [0.25, 0.3) is 22.7 Å². The lowest BCUT2D eigenvalue weighted by molar-refractivity contribution is 0.433. The van der Waals surface area contributed by atoms with E-state index in [4.69, 9.17) is 16.1 Å². The molecule has 2 aromatic heterocycles. The van der Waals surface area contributed by atoms with Crippen LogP contribution in [-0.4, -0.2) is 10.1 Å². The van der Waals surface area contributed by atoms with Crippen LogP contribution in [0, 0.1) is 0 Å². The molecule has 0 aliphatic carbocycles. The molecule has 0 bridgehead atoms. The molecule has 3 rings (SSSR count). The maximum Gasteiger partial charge on any atom is 0.185 e. The summed E-state index contributed by atoms with van der Waals surface area (Å²) in [6, 6.07) is 15.0.